The highest BCUT2D eigenvalue weighted by Gasteiger charge is 2.32. The summed E-state index contributed by atoms with van der Waals surface area (Å²) in [6.45, 7) is 5.90. The van der Waals surface area contributed by atoms with Gasteiger partial charge in [-0.05, 0) is 24.5 Å². The molecular formula is C18H24N4O2. The fourth-order valence-corrected chi connectivity index (χ4v) is 2.92. The molecule has 2 aromatic rings. The van der Waals surface area contributed by atoms with Crippen LogP contribution in [0.15, 0.2) is 36.7 Å². The maximum Gasteiger partial charge on any atom is 0.223 e. The zero-order chi connectivity index (χ0) is 16.9. The minimum Gasteiger partial charge on any atom is -0.377 e. The molecule has 0 bridgehead atoms. The Morgan fingerprint density at radius 3 is 2.88 bits per heavy atom. The number of nitrogens with zero attached hydrogens (tertiary/aromatic N) is 4. The standard InChI is InChI=1S/C18H24N4O2/c1-14(2)8-9-17(23)21-10-11-24-12-16(21)18-19-13-20-22(18)15-6-4-3-5-7-15/h3-7,13-14,16H,8-12H2,1-2H3/t16-/m0/s1. The quantitative estimate of drug-likeness (QED) is 0.846. The molecule has 0 unspecified atom stereocenters. The number of aromatic nitrogens is 3. The van der Waals surface area contributed by atoms with E-state index in [0.29, 0.717) is 32.1 Å². The van der Waals surface area contributed by atoms with Crippen LogP contribution in [0.5, 0.6) is 0 Å². The Kier molecular flexibility index (Phi) is 5.25. The molecule has 1 aromatic heterocycles. The SMILES string of the molecule is CC(C)CCC(=O)N1CCOC[C@H]1c1ncnn1-c1ccccc1. The van der Waals surface area contributed by atoms with E-state index in [1.807, 2.05) is 35.2 Å². The summed E-state index contributed by atoms with van der Waals surface area (Å²) in [5.74, 6) is 1.43. The van der Waals surface area contributed by atoms with Crippen LogP contribution >= 0.6 is 0 Å². The van der Waals surface area contributed by atoms with Crippen LogP contribution in [0.2, 0.25) is 0 Å². The summed E-state index contributed by atoms with van der Waals surface area (Å²) >= 11 is 0. The number of rotatable bonds is 5. The van der Waals surface area contributed by atoms with Gasteiger partial charge >= 0.3 is 0 Å². The van der Waals surface area contributed by atoms with Gasteiger partial charge in [0.25, 0.3) is 0 Å². The molecular weight excluding hydrogens is 304 g/mol. The topological polar surface area (TPSA) is 60.3 Å². The minimum atomic E-state index is -0.193. The van der Waals surface area contributed by atoms with Crippen molar-refractivity contribution in [3.05, 3.63) is 42.5 Å². The normalized spacial score (nSPS) is 18.1. The number of morpholine rings is 1. The Morgan fingerprint density at radius 2 is 2.12 bits per heavy atom. The number of benzene rings is 1. The highest BCUT2D eigenvalue weighted by Crippen LogP contribution is 2.25. The van der Waals surface area contributed by atoms with Crippen LogP contribution in [-0.2, 0) is 9.53 Å². The van der Waals surface area contributed by atoms with Crippen LogP contribution < -0.4 is 0 Å². The van der Waals surface area contributed by atoms with Crippen molar-refractivity contribution in [3.8, 4) is 5.69 Å². The smallest absolute Gasteiger partial charge is 0.223 e. The molecule has 6 nitrogen and oxygen atoms in total. The largest absolute Gasteiger partial charge is 0.377 e. The van der Waals surface area contributed by atoms with Gasteiger partial charge in [0.15, 0.2) is 5.82 Å². The molecule has 3 rings (SSSR count). The average Bonchev–Trinajstić information content (AvgIpc) is 3.10. The summed E-state index contributed by atoms with van der Waals surface area (Å²) in [5.41, 5.74) is 0.935. The predicted octanol–water partition coefficient (Wildman–Crippen LogP) is 2.60. The molecule has 1 amide bonds. The van der Waals surface area contributed by atoms with Crippen molar-refractivity contribution < 1.29 is 9.53 Å². The molecule has 24 heavy (non-hydrogen) atoms. The van der Waals surface area contributed by atoms with Crippen molar-refractivity contribution in [1.82, 2.24) is 19.7 Å². The second-order valence-corrected chi connectivity index (χ2v) is 6.48. The molecule has 0 aliphatic carbocycles. The van der Waals surface area contributed by atoms with E-state index in [0.717, 1.165) is 17.9 Å². The van der Waals surface area contributed by atoms with E-state index >= 15 is 0 Å². The fraction of sp³-hybridized carbons (Fsp3) is 0.500. The molecule has 0 saturated carbocycles. The van der Waals surface area contributed by atoms with Gasteiger partial charge in [-0.1, -0.05) is 32.0 Å². The first-order valence-corrected chi connectivity index (χ1v) is 8.49. The molecule has 1 saturated heterocycles. The van der Waals surface area contributed by atoms with Gasteiger partial charge in [0.2, 0.25) is 5.91 Å². The van der Waals surface area contributed by atoms with Gasteiger partial charge in [-0.25, -0.2) is 9.67 Å². The van der Waals surface area contributed by atoms with Gasteiger partial charge in [0.05, 0.1) is 18.9 Å². The van der Waals surface area contributed by atoms with Gasteiger partial charge in [-0.3, -0.25) is 4.79 Å². The average molecular weight is 328 g/mol. The Bertz CT molecular complexity index is 669. The van der Waals surface area contributed by atoms with Crippen LogP contribution in [0, 0.1) is 5.92 Å². The molecule has 1 atom stereocenters. The zero-order valence-electron chi connectivity index (χ0n) is 14.3. The number of amides is 1. The van der Waals surface area contributed by atoms with Crippen LogP contribution in [0.1, 0.15) is 38.6 Å². The van der Waals surface area contributed by atoms with Gasteiger partial charge in [0.1, 0.15) is 12.4 Å². The molecule has 128 valence electrons. The summed E-state index contributed by atoms with van der Waals surface area (Å²) in [6, 6.07) is 9.65. The number of hydrogen-bond acceptors (Lipinski definition) is 4. The third kappa shape index (κ3) is 3.64. The summed E-state index contributed by atoms with van der Waals surface area (Å²) in [7, 11) is 0. The number of carbonyl (C=O) groups excluding carboxylic acids is 1. The first-order chi connectivity index (χ1) is 11.7. The van der Waals surface area contributed by atoms with E-state index in [1.54, 1.807) is 4.68 Å². The van der Waals surface area contributed by atoms with Crippen molar-refractivity contribution >= 4 is 5.91 Å². The second-order valence-electron chi connectivity index (χ2n) is 6.48. The molecule has 2 heterocycles. The predicted molar refractivity (Wildman–Crippen MR) is 90.7 cm³/mol. The highest BCUT2D eigenvalue weighted by molar-refractivity contribution is 5.76. The summed E-state index contributed by atoms with van der Waals surface area (Å²) < 4.78 is 7.42. The molecule has 1 aliphatic rings. The van der Waals surface area contributed by atoms with Crippen molar-refractivity contribution in [2.45, 2.75) is 32.7 Å². The van der Waals surface area contributed by atoms with E-state index in [1.165, 1.54) is 6.33 Å². The van der Waals surface area contributed by atoms with Crippen molar-refractivity contribution in [2.24, 2.45) is 5.92 Å². The summed E-state index contributed by atoms with van der Waals surface area (Å²) in [6.07, 6.45) is 3.00. The van der Waals surface area contributed by atoms with Gasteiger partial charge in [0, 0.05) is 13.0 Å². The summed E-state index contributed by atoms with van der Waals surface area (Å²) in [5, 5.41) is 4.34. The summed E-state index contributed by atoms with van der Waals surface area (Å²) in [4.78, 5) is 19.0. The van der Waals surface area contributed by atoms with Crippen molar-refractivity contribution in [1.29, 1.82) is 0 Å². The molecule has 6 heteroatoms. The lowest BCUT2D eigenvalue weighted by Crippen LogP contribution is -2.44. The Balaban J connectivity index is 1.84. The second kappa shape index (κ2) is 7.57. The fourth-order valence-electron chi connectivity index (χ4n) is 2.92. The molecule has 1 aromatic carbocycles. The molecule has 0 N–H and O–H groups in total. The third-order valence-electron chi connectivity index (χ3n) is 4.26. The van der Waals surface area contributed by atoms with Crippen molar-refractivity contribution in [2.75, 3.05) is 19.8 Å². The van der Waals surface area contributed by atoms with E-state index < -0.39 is 0 Å². The molecule has 1 fully saturated rings. The molecule has 0 radical (unpaired) electrons. The number of para-hydroxylation sites is 1. The highest BCUT2D eigenvalue weighted by atomic mass is 16.5. The lowest BCUT2D eigenvalue weighted by atomic mass is 10.1. The Labute approximate surface area is 142 Å². The van der Waals surface area contributed by atoms with Crippen LogP contribution in [0.4, 0.5) is 0 Å². The van der Waals surface area contributed by atoms with E-state index in [2.05, 4.69) is 23.9 Å². The molecule has 1 aliphatic heterocycles. The van der Waals surface area contributed by atoms with E-state index in [-0.39, 0.29) is 11.9 Å². The first-order valence-electron chi connectivity index (χ1n) is 8.49. The lowest BCUT2D eigenvalue weighted by Gasteiger charge is -2.35. The molecule has 0 spiro atoms. The van der Waals surface area contributed by atoms with Crippen LogP contribution in [0.3, 0.4) is 0 Å². The Morgan fingerprint density at radius 1 is 1.33 bits per heavy atom. The third-order valence-corrected chi connectivity index (χ3v) is 4.26. The zero-order valence-corrected chi connectivity index (χ0v) is 14.3. The first kappa shape index (κ1) is 16.6. The minimum absolute atomic E-state index is 0.166. The monoisotopic (exact) mass is 328 g/mol. The maximum absolute atomic E-state index is 12.7. The number of hydrogen-bond donors (Lipinski definition) is 0. The van der Waals surface area contributed by atoms with Crippen LogP contribution in [-0.4, -0.2) is 45.3 Å². The van der Waals surface area contributed by atoms with Crippen LogP contribution in [0.25, 0.3) is 5.69 Å². The van der Waals surface area contributed by atoms with Gasteiger partial charge in [-0.2, -0.15) is 5.10 Å². The van der Waals surface area contributed by atoms with Crippen molar-refractivity contribution in [3.63, 3.8) is 0 Å². The number of ether oxygens (including phenoxy) is 1. The Hall–Kier alpha value is -2.21. The van der Waals surface area contributed by atoms with Gasteiger partial charge < -0.3 is 9.64 Å². The number of carbonyl (C=O) groups is 1. The van der Waals surface area contributed by atoms with Gasteiger partial charge in [-0.15, -0.1) is 0 Å². The van der Waals surface area contributed by atoms with E-state index in [9.17, 15) is 4.79 Å². The lowest BCUT2D eigenvalue weighted by molar-refractivity contribution is -0.140. The maximum atomic E-state index is 12.7. The van der Waals surface area contributed by atoms with E-state index in [4.69, 9.17) is 4.74 Å².